The van der Waals surface area contributed by atoms with E-state index in [9.17, 15) is 4.39 Å². The molecule has 0 unspecified atom stereocenters. The Morgan fingerprint density at radius 1 is 1.33 bits per heavy atom. The number of nitrogens with zero attached hydrogens (tertiary/aromatic N) is 3. The van der Waals surface area contributed by atoms with Crippen LogP contribution in [-0.4, -0.2) is 45.4 Å². The fourth-order valence-corrected chi connectivity index (χ4v) is 2.06. The highest BCUT2D eigenvalue weighted by molar-refractivity contribution is 5.81. The number of halogens is 1. The Labute approximate surface area is 103 Å². The van der Waals surface area contributed by atoms with Crippen LogP contribution in [0.3, 0.4) is 0 Å². The summed E-state index contributed by atoms with van der Waals surface area (Å²) in [7, 11) is 0. The lowest BCUT2D eigenvalue weighted by atomic mass is 9.96. The molecule has 0 atom stereocenters. The smallest absolute Gasteiger partial charge is 0.182 e. The molecule has 3 rings (SSSR count). The van der Waals surface area contributed by atoms with Gasteiger partial charge >= 0.3 is 0 Å². The predicted molar refractivity (Wildman–Crippen MR) is 64.1 cm³/mol. The zero-order chi connectivity index (χ0) is 12.4. The summed E-state index contributed by atoms with van der Waals surface area (Å²) in [5, 5.41) is 3.03. The number of imidazole rings is 1. The van der Waals surface area contributed by atoms with Gasteiger partial charge in [0.05, 0.1) is 12.9 Å². The number of aromatic nitrogens is 4. The third-order valence-electron chi connectivity index (χ3n) is 3.18. The number of hydrogen-bond acceptors (Lipinski definition) is 5. The summed E-state index contributed by atoms with van der Waals surface area (Å²) in [6.07, 6.45) is 3.79. The van der Waals surface area contributed by atoms with Gasteiger partial charge in [0.15, 0.2) is 11.5 Å². The molecule has 0 aromatic carbocycles. The summed E-state index contributed by atoms with van der Waals surface area (Å²) < 4.78 is 19.5. The largest absolute Gasteiger partial charge is 0.381 e. The van der Waals surface area contributed by atoms with Gasteiger partial charge < -0.3 is 15.0 Å². The molecule has 1 fully saturated rings. The second kappa shape index (κ2) is 4.49. The second-order valence-electron chi connectivity index (χ2n) is 4.44. The van der Waals surface area contributed by atoms with Crippen molar-refractivity contribution in [3.63, 3.8) is 0 Å². The molecule has 0 aliphatic carbocycles. The van der Waals surface area contributed by atoms with E-state index in [0.717, 1.165) is 0 Å². The van der Waals surface area contributed by atoms with Crippen molar-refractivity contribution in [3.8, 4) is 0 Å². The van der Waals surface area contributed by atoms with Crippen LogP contribution in [-0.2, 0) is 4.74 Å². The zero-order valence-corrected chi connectivity index (χ0v) is 9.82. The molecule has 96 valence electrons. The van der Waals surface area contributed by atoms with Crippen molar-refractivity contribution in [3.05, 3.63) is 12.7 Å². The molecule has 3 heterocycles. The molecular weight excluding hydrogens is 237 g/mol. The predicted octanol–water partition coefficient (Wildman–Crippen LogP) is 1.28. The third-order valence-corrected chi connectivity index (χ3v) is 3.18. The van der Waals surface area contributed by atoms with Crippen LogP contribution < -0.4 is 5.32 Å². The summed E-state index contributed by atoms with van der Waals surface area (Å²) in [6.45, 7) is 1.17. The SMILES string of the molecule is FC1(CNc2ncnc3nc[nH]c23)CCOCC1. The van der Waals surface area contributed by atoms with Crippen molar-refractivity contribution in [2.45, 2.75) is 18.5 Å². The second-order valence-corrected chi connectivity index (χ2v) is 4.44. The Morgan fingerprint density at radius 2 is 2.17 bits per heavy atom. The van der Waals surface area contributed by atoms with Gasteiger partial charge in [-0.25, -0.2) is 19.3 Å². The summed E-state index contributed by atoms with van der Waals surface area (Å²) >= 11 is 0. The molecule has 1 saturated heterocycles. The Kier molecular flexibility index (Phi) is 2.83. The van der Waals surface area contributed by atoms with Crippen LogP contribution in [0.5, 0.6) is 0 Å². The van der Waals surface area contributed by atoms with Crippen molar-refractivity contribution < 1.29 is 9.13 Å². The van der Waals surface area contributed by atoms with E-state index in [-0.39, 0.29) is 6.54 Å². The lowest BCUT2D eigenvalue weighted by Crippen LogP contribution is -2.38. The minimum Gasteiger partial charge on any atom is -0.381 e. The van der Waals surface area contributed by atoms with Crippen molar-refractivity contribution in [1.82, 2.24) is 19.9 Å². The highest BCUT2D eigenvalue weighted by Gasteiger charge is 2.32. The summed E-state index contributed by atoms with van der Waals surface area (Å²) in [6, 6.07) is 0. The molecule has 0 amide bonds. The molecule has 2 aromatic heterocycles. The number of anilines is 1. The number of alkyl halides is 1. The Bertz CT molecular complexity index is 537. The molecule has 6 nitrogen and oxygen atoms in total. The van der Waals surface area contributed by atoms with E-state index in [4.69, 9.17) is 4.74 Å². The van der Waals surface area contributed by atoms with Gasteiger partial charge in [0.2, 0.25) is 0 Å². The van der Waals surface area contributed by atoms with Crippen molar-refractivity contribution in [1.29, 1.82) is 0 Å². The summed E-state index contributed by atoms with van der Waals surface area (Å²) in [4.78, 5) is 15.1. The number of hydrogen-bond donors (Lipinski definition) is 2. The van der Waals surface area contributed by atoms with E-state index < -0.39 is 5.67 Å². The maximum absolute atomic E-state index is 14.4. The number of nitrogens with one attached hydrogen (secondary N) is 2. The lowest BCUT2D eigenvalue weighted by Gasteiger charge is -2.29. The van der Waals surface area contributed by atoms with E-state index in [1.54, 1.807) is 6.33 Å². The normalized spacial score (nSPS) is 18.9. The Hall–Kier alpha value is -1.76. The topological polar surface area (TPSA) is 75.7 Å². The van der Waals surface area contributed by atoms with Crippen LogP contribution in [0.2, 0.25) is 0 Å². The molecule has 1 aliphatic heterocycles. The fourth-order valence-electron chi connectivity index (χ4n) is 2.06. The van der Waals surface area contributed by atoms with Crippen LogP contribution in [0, 0.1) is 0 Å². The van der Waals surface area contributed by atoms with Crippen molar-refractivity contribution in [2.75, 3.05) is 25.1 Å². The van der Waals surface area contributed by atoms with Gasteiger partial charge in [0.1, 0.15) is 17.5 Å². The summed E-state index contributed by atoms with van der Waals surface area (Å²) in [5.74, 6) is 0.584. The first-order chi connectivity index (χ1) is 8.77. The first-order valence-corrected chi connectivity index (χ1v) is 5.91. The molecule has 1 aliphatic rings. The molecule has 0 bridgehead atoms. The lowest BCUT2D eigenvalue weighted by molar-refractivity contribution is -0.00117. The molecule has 2 N–H and O–H groups in total. The van der Waals surface area contributed by atoms with E-state index in [1.165, 1.54) is 6.33 Å². The number of aromatic amines is 1. The van der Waals surface area contributed by atoms with E-state index in [1.807, 2.05) is 0 Å². The molecular formula is C11H14FN5O. The van der Waals surface area contributed by atoms with Crippen LogP contribution in [0.25, 0.3) is 11.2 Å². The van der Waals surface area contributed by atoms with E-state index >= 15 is 0 Å². The molecule has 0 radical (unpaired) electrons. The molecule has 7 heteroatoms. The first kappa shape index (κ1) is 11.3. The highest BCUT2D eigenvalue weighted by Crippen LogP contribution is 2.26. The minimum atomic E-state index is -1.23. The van der Waals surface area contributed by atoms with Gasteiger partial charge in [0.25, 0.3) is 0 Å². The van der Waals surface area contributed by atoms with E-state index in [0.29, 0.717) is 43.0 Å². The first-order valence-electron chi connectivity index (χ1n) is 5.91. The highest BCUT2D eigenvalue weighted by atomic mass is 19.1. The minimum absolute atomic E-state index is 0.224. The van der Waals surface area contributed by atoms with E-state index in [2.05, 4.69) is 25.3 Å². The fraction of sp³-hybridized carbons (Fsp3) is 0.545. The van der Waals surface area contributed by atoms with Crippen molar-refractivity contribution >= 4 is 17.0 Å². The standard InChI is InChI=1S/C11H14FN5O/c12-11(1-3-18-4-2-11)5-13-9-8-10(15-6-14-8)17-7-16-9/h6-7H,1-5H2,(H2,13,14,15,16,17). The van der Waals surface area contributed by atoms with Gasteiger partial charge in [-0.05, 0) is 0 Å². The Morgan fingerprint density at radius 3 is 3.00 bits per heavy atom. The van der Waals surface area contributed by atoms with Crippen LogP contribution in [0.15, 0.2) is 12.7 Å². The third kappa shape index (κ3) is 2.13. The summed E-state index contributed by atoms with van der Waals surface area (Å²) in [5.41, 5.74) is 0.0516. The molecule has 18 heavy (non-hydrogen) atoms. The van der Waals surface area contributed by atoms with Crippen LogP contribution in [0.4, 0.5) is 10.2 Å². The van der Waals surface area contributed by atoms with Gasteiger partial charge in [-0.3, -0.25) is 0 Å². The zero-order valence-electron chi connectivity index (χ0n) is 9.82. The van der Waals surface area contributed by atoms with Crippen LogP contribution >= 0.6 is 0 Å². The number of ether oxygens (including phenoxy) is 1. The van der Waals surface area contributed by atoms with Crippen molar-refractivity contribution in [2.24, 2.45) is 0 Å². The Balaban J connectivity index is 1.74. The van der Waals surface area contributed by atoms with Gasteiger partial charge in [0, 0.05) is 26.1 Å². The molecule has 2 aromatic rings. The average molecular weight is 251 g/mol. The average Bonchev–Trinajstić information content (AvgIpc) is 2.86. The molecule has 0 saturated carbocycles. The number of fused-ring (bicyclic) bond motifs is 1. The maximum Gasteiger partial charge on any atom is 0.182 e. The van der Waals surface area contributed by atoms with Crippen LogP contribution in [0.1, 0.15) is 12.8 Å². The number of H-pyrrole nitrogens is 1. The van der Waals surface area contributed by atoms with Gasteiger partial charge in [-0.15, -0.1) is 0 Å². The van der Waals surface area contributed by atoms with Gasteiger partial charge in [-0.1, -0.05) is 0 Å². The van der Waals surface area contributed by atoms with Gasteiger partial charge in [-0.2, -0.15) is 0 Å². The maximum atomic E-state index is 14.4. The number of rotatable bonds is 3. The molecule has 0 spiro atoms. The monoisotopic (exact) mass is 251 g/mol. The quantitative estimate of drug-likeness (QED) is 0.859.